The summed E-state index contributed by atoms with van der Waals surface area (Å²) in [6.07, 6.45) is 0.592. The van der Waals surface area contributed by atoms with E-state index in [0.717, 1.165) is 0 Å². The second kappa shape index (κ2) is 5.31. The van der Waals surface area contributed by atoms with Crippen LogP contribution < -0.4 is 15.4 Å². The van der Waals surface area contributed by atoms with Gasteiger partial charge in [0.1, 0.15) is 17.2 Å². The quantitative estimate of drug-likeness (QED) is 0.874. The molecule has 1 aromatic rings. The minimum absolute atomic E-state index is 0.0508. The number of amides is 2. The molecule has 0 saturated carbocycles. The summed E-state index contributed by atoms with van der Waals surface area (Å²) in [7, 11) is 0. The normalized spacial score (nSPS) is 20.0. The van der Waals surface area contributed by atoms with Crippen LogP contribution in [0.25, 0.3) is 0 Å². The molecular formula is C15H21FN2O2. The molecule has 1 aromatic carbocycles. The molecule has 110 valence electrons. The van der Waals surface area contributed by atoms with Crippen molar-refractivity contribution in [2.45, 2.75) is 51.8 Å². The summed E-state index contributed by atoms with van der Waals surface area (Å²) in [5, 5.41) is 5.67. The minimum Gasteiger partial charge on any atom is -0.487 e. The Bertz CT molecular complexity index is 515. The predicted molar refractivity (Wildman–Crippen MR) is 75.3 cm³/mol. The lowest BCUT2D eigenvalue weighted by molar-refractivity contribution is 0.0675. The molecule has 1 unspecified atom stereocenters. The molecule has 0 saturated heterocycles. The van der Waals surface area contributed by atoms with Crippen LogP contribution in [0.2, 0.25) is 0 Å². The number of benzene rings is 1. The third-order valence-corrected chi connectivity index (χ3v) is 3.15. The fourth-order valence-corrected chi connectivity index (χ4v) is 2.42. The maximum atomic E-state index is 13.4. The lowest BCUT2D eigenvalue weighted by Crippen LogP contribution is -2.46. The van der Waals surface area contributed by atoms with E-state index in [2.05, 4.69) is 10.6 Å². The van der Waals surface area contributed by atoms with Crippen LogP contribution in [0, 0.1) is 5.82 Å². The van der Waals surface area contributed by atoms with Gasteiger partial charge >= 0.3 is 6.03 Å². The second-order valence-electron chi connectivity index (χ2n) is 6.07. The number of nitrogens with one attached hydrogen (secondary N) is 2. The molecule has 1 aliphatic heterocycles. The smallest absolute Gasteiger partial charge is 0.315 e. The molecule has 2 amide bonds. The number of hydrogen-bond acceptors (Lipinski definition) is 2. The van der Waals surface area contributed by atoms with Gasteiger partial charge in [-0.2, -0.15) is 0 Å². The summed E-state index contributed by atoms with van der Waals surface area (Å²) in [6.45, 7) is 7.69. The second-order valence-corrected chi connectivity index (χ2v) is 6.07. The maximum absolute atomic E-state index is 13.4. The Balaban J connectivity index is 2.24. The van der Waals surface area contributed by atoms with Crippen LogP contribution in [-0.2, 0) is 0 Å². The molecule has 1 atom stereocenters. The lowest BCUT2D eigenvalue weighted by atomic mass is 9.89. The van der Waals surface area contributed by atoms with Gasteiger partial charge in [0.05, 0.1) is 6.04 Å². The Hall–Kier alpha value is -1.78. The fourth-order valence-electron chi connectivity index (χ4n) is 2.42. The number of rotatable bonds is 2. The molecule has 0 bridgehead atoms. The van der Waals surface area contributed by atoms with Gasteiger partial charge < -0.3 is 15.4 Å². The Labute approximate surface area is 118 Å². The Morgan fingerprint density at radius 2 is 2.15 bits per heavy atom. The SMILES string of the molecule is CC(C)NC(=O)NC1CC(C)(C)Oc2ccc(F)cc21. The number of carbonyl (C=O) groups excluding carboxylic acids is 1. The molecular weight excluding hydrogens is 259 g/mol. The first-order valence-electron chi connectivity index (χ1n) is 6.82. The highest BCUT2D eigenvalue weighted by atomic mass is 19.1. The Morgan fingerprint density at radius 3 is 2.80 bits per heavy atom. The van der Waals surface area contributed by atoms with Gasteiger partial charge in [-0.3, -0.25) is 0 Å². The molecule has 1 aliphatic rings. The average Bonchev–Trinajstić information content (AvgIpc) is 2.28. The highest BCUT2D eigenvalue weighted by Crippen LogP contribution is 2.39. The van der Waals surface area contributed by atoms with Gasteiger partial charge in [0.15, 0.2) is 0 Å². The van der Waals surface area contributed by atoms with E-state index in [1.165, 1.54) is 12.1 Å². The fraction of sp³-hybridized carbons (Fsp3) is 0.533. The van der Waals surface area contributed by atoms with Crippen LogP contribution in [0.3, 0.4) is 0 Å². The zero-order valence-electron chi connectivity index (χ0n) is 12.3. The van der Waals surface area contributed by atoms with Crippen molar-refractivity contribution in [1.29, 1.82) is 0 Å². The largest absolute Gasteiger partial charge is 0.487 e. The van der Waals surface area contributed by atoms with E-state index >= 15 is 0 Å². The van der Waals surface area contributed by atoms with Gasteiger partial charge in [0.25, 0.3) is 0 Å². The number of urea groups is 1. The topological polar surface area (TPSA) is 50.4 Å². The summed E-state index contributed by atoms with van der Waals surface area (Å²) >= 11 is 0. The van der Waals surface area contributed by atoms with Crippen LogP contribution in [0.1, 0.15) is 45.7 Å². The monoisotopic (exact) mass is 280 g/mol. The van der Waals surface area contributed by atoms with Crippen molar-refractivity contribution in [1.82, 2.24) is 10.6 Å². The van der Waals surface area contributed by atoms with Crippen molar-refractivity contribution in [3.63, 3.8) is 0 Å². The molecule has 0 aliphatic carbocycles. The van der Waals surface area contributed by atoms with Gasteiger partial charge in [0.2, 0.25) is 0 Å². The maximum Gasteiger partial charge on any atom is 0.315 e. The van der Waals surface area contributed by atoms with Crippen molar-refractivity contribution in [2.75, 3.05) is 0 Å². The van der Waals surface area contributed by atoms with Gasteiger partial charge in [-0.15, -0.1) is 0 Å². The van der Waals surface area contributed by atoms with Gasteiger partial charge in [-0.05, 0) is 45.9 Å². The standard InChI is InChI=1S/C15H21FN2O2/c1-9(2)17-14(19)18-12-8-15(3,4)20-13-6-5-10(16)7-11(12)13/h5-7,9,12H,8H2,1-4H3,(H2,17,18,19). The van der Waals surface area contributed by atoms with Crippen LogP contribution in [0.4, 0.5) is 9.18 Å². The highest BCUT2D eigenvalue weighted by Gasteiger charge is 2.34. The number of ether oxygens (including phenoxy) is 1. The third-order valence-electron chi connectivity index (χ3n) is 3.15. The van der Waals surface area contributed by atoms with Crippen molar-refractivity contribution in [2.24, 2.45) is 0 Å². The minimum atomic E-state index is -0.402. The van der Waals surface area contributed by atoms with E-state index in [4.69, 9.17) is 4.74 Å². The van der Waals surface area contributed by atoms with Crippen LogP contribution in [0.15, 0.2) is 18.2 Å². The lowest BCUT2D eigenvalue weighted by Gasteiger charge is -2.38. The molecule has 20 heavy (non-hydrogen) atoms. The first kappa shape index (κ1) is 14.6. The van der Waals surface area contributed by atoms with Crippen molar-refractivity contribution >= 4 is 6.03 Å². The van der Waals surface area contributed by atoms with Crippen molar-refractivity contribution < 1.29 is 13.9 Å². The molecule has 0 spiro atoms. The average molecular weight is 280 g/mol. The molecule has 4 nitrogen and oxygen atoms in total. The summed E-state index contributed by atoms with van der Waals surface area (Å²) < 4.78 is 19.3. The van der Waals surface area contributed by atoms with Crippen LogP contribution in [-0.4, -0.2) is 17.7 Å². The van der Waals surface area contributed by atoms with Gasteiger partial charge in [0, 0.05) is 18.0 Å². The molecule has 5 heteroatoms. The third kappa shape index (κ3) is 3.40. The summed E-state index contributed by atoms with van der Waals surface area (Å²) in [5.41, 5.74) is 0.281. The zero-order valence-corrected chi connectivity index (χ0v) is 12.3. The number of hydrogen-bond donors (Lipinski definition) is 2. The predicted octanol–water partition coefficient (Wildman–Crippen LogP) is 3.14. The van der Waals surface area contributed by atoms with E-state index in [-0.39, 0.29) is 23.9 Å². The summed E-state index contributed by atoms with van der Waals surface area (Å²) in [6, 6.07) is 3.94. The van der Waals surface area contributed by atoms with Crippen molar-refractivity contribution in [3.8, 4) is 5.75 Å². The first-order valence-corrected chi connectivity index (χ1v) is 6.82. The van der Waals surface area contributed by atoms with E-state index in [1.54, 1.807) is 6.07 Å². The van der Waals surface area contributed by atoms with E-state index in [1.807, 2.05) is 27.7 Å². The van der Waals surface area contributed by atoms with Crippen molar-refractivity contribution in [3.05, 3.63) is 29.6 Å². The summed E-state index contributed by atoms with van der Waals surface area (Å²) in [4.78, 5) is 11.9. The van der Waals surface area contributed by atoms with E-state index < -0.39 is 5.60 Å². The number of fused-ring (bicyclic) bond motifs is 1. The zero-order chi connectivity index (χ0) is 14.9. The summed E-state index contributed by atoms with van der Waals surface area (Å²) in [5.74, 6) is 0.292. The first-order chi connectivity index (χ1) is 9.27. The number of halogens is 1. The number of carbonyl (C=O) groups is 1. The molecule has 2 N–H and O–H groups in total. The molecule has 0 radical (unpaired) electrons. The van der Waals surface area contributed by atoms with Crippen LogP contribution in [0.5, 0.6) is 5.75 Å². The van der Waals surface area contributed by atoms with Crippen LogP contribution >= 0.6 is 0 Å². The Kier molecular flexibility index (Phi) is 3.88. The van der Waals surface area contributed by atoms with E-state index in [0.29, 0.717) is 17.7 Å². The highest BCUT2D eigenvalue weighted by molar-refractivity contribution is 5.75. The molecule has 0 aromatic heterocycles. The molecule has 0 fully saturated rings. The Morgan fingerprint density at radius 1 is 1.45 bits per heavy atom. The van der Waals surface area contributed by atoms with Gasteiger partial charge in [-0.1, -0.05) is 0 Å². The molecule has 1 heterocycles. The molecule has 2 rings (SSSR count). The van der Waals surface area contributed by atoms with E-state index in [9.17, 15) is 9.18 Å². The van der Waals surface area contributed by atoms with Gasteiger partial charge in [-0.25, -0.2) is 9.18 Å².